The zero-order valence-electron chi connectivity index (χ0n) is 18.5. The molecule has 4 rings (SSSR count). The number of nitrogens with zero attached hydrogens (tertiary/aromatic N) is 3. The van der Waals surface area contributed by atoms with E-state index in [9.17, 15) is 4.79 Å². The monoisotopic (exact) mass is 432 g/mol. The molecule has 2 aromatic carbocycles. The molecule has 1 aliphatic rings. The maximum Gasteiger partial charge on any atom is 0.244 e. The van der Waals surface area contributed by atoms with Crippen molar-refractivity contribution in [2.24, 2.45) is 0 Å². The van der Waals surface area contributed by atoms with Crippen molar-refractivity contribution in [2.45, 2.75) is 13.5 Å². The molecule has 0 radical (unpaired) electrons. The number of benzene rings is 2. The predicted molar refractivity (Wildman–Crippen MR) is 125 cm³/mol. The second kappa shape index (κ2) is 10.2. The van der Waals surface area contributed by atoms with Gasteiger partial charge >= 0.3 is 0 Å². The number of ether oxygens (including phenoxy) is 2. The Balaban J connectivity index is 1.36. The first-order valence-electron chi connectivity index (χ1n) is 10.7. The van der Waals surface area contributed by atoms with Gasteiger partial charge in [-0.25, -0.2) is 4.98 Å². The molecule has 7 heteroatoms. The summed E-state index contributed by atoms with van der Waals surface area (Å²) in [7, 11) is 1.63. The Labute approximate surface area is 188 Å². The van der Waals surface area contributed by atoms with Gasteiger partial charge in [-0.2, -0.15) is 0 Å². The van der Waals surface area contributed by atoms with Crippen LogP contribution in [0.2, 0.25) is 0 Å². The third-order valence-electron chi connectivity index (χ3n) is 5.37. The van der Waals surface area contributed by atoms with Gasteiger partial charge in [-0.1, -0.05) is 18.2 Å². The number of imidazole rings is 1. The first-order valence-corrected chi connectivity index (χ1v) is 10.7. The van der Waals surface area contributed by atoms with E-state index in [1.807, 2.05) is 48.0 Å². The Kier molecular flexibility index (Phi) is 6.87. The minimum atomic E-state index is -0.143. The van der Waals surface area contributed by atoms with Gasteiger partial charge in [-0.15, -0.1) is 0 Å². The number of carbonyl (C=O) groups is 1. The Morgan fingerprint density at radius 2 is 2.06 bits per heavy atom. The Morgan fingerprint density at radius 3 is 2.81 bits per heavy atom. The summed E-state index contributed by atoms with van der Waals surface area (Å²) < 4.78 is 12.9. The average molecular weight is 433 g/mol. The van der Waals surface area contributed by atoms with E-state index in [1.54, 1.807) is 25.6 Å². The zero-order valence-corrected chi connectivity index (χ0v) is 18.5. The molecule has 1 fully saturated rings. The molecule has 1 N–H and O–H groups in total. The van der Waals surface area contributed by atoms with Crippen LogP contribution in [0.1, 0.15) is 16.8 Å². The molecule has 1 amide bonds. The SMILES string of the molecule is COc1cc(/C=C/C(=O)NCc2cccc(N3CCOCC3)c2)ccc1-n1cnc(C)c1. The lowest BCUT2D eigenvalue weighted by Crippen LogP contribution is -2.36. The lowest BCUT2D eigenvalue weighted by Gasteiger charge is -2.29. The molecule has 32 heavy (non-hydrogen) atoms. The van der Waals surface area contributed by atoms with Gasteiger partial charge < -0.3 is 24.3 Å². The topological polar surface area (TPSA) is 68.6 Å². The molecule has 1 saturated heterocycles. The standard InChI is InChI=1S/C25H28N4O3/c1-19-17-29(18-27-19)23-8-6-20(15-24(23)31-2)7-9-25(30)26-16-21-4-3-5-22(14-21)28-10-12-32-13-11-28/h3-9,14-15,17-18H,10-13,16H2,1-2H3,(H,26,30)/b9-7+. The molecule has 2 heterocycles. The van der Waals surface area contributed by atoms with Crippen LogP contribution in [-0.4, -0.2) is 48.9 Å². The molecule has 1 aromatic heterocycles. The number of morpholine rings is 1. The number of hydrogen-bond acceptors (Lipinski definition) is 5. The van der Waals surface area contributed by atoms with E-state index in [-0.39, 0.29) is 5.91 Å². The molecule has 1 aliphatic heterocycles. The summed E-state index contributed by atoms with van der Waals surface area (Å²) in [5.41, 5.74) is 4.94. The molecule has 3 aromatic rings. The summed E-state index contributed by atoms with van der Waals surface area (Å²) in [4.78, 5) is 18.9. The van der Waals surface area contributed by atoms with Crippen molar-refractivity contribution in [3.63, 3.8) is 0 Å². The first kappa shape index (κ1) is 21.6. The van der Waals surface area contributed by atoms with E-state index in [1.165, 1.54) is 0 Å². The third-order valence-corrected chi connectivity index (χ3v) is 5.37. The summed E-state index contributed by atoms with van der Waals surface area (Å²) in [5.74, 6) is 0.569. The maximum absolute atomic E-state index is 12.4. The lowest BCUT2D eigenvalue weighted by atomic mass is 10.1. The second-order valence-electron chi connectivity index (χ2n) is 7.67. The third kappa shape index (κ3) is 5.36. The highest BCUT2D eigenvalue weighted by molar-refractivity contribution is 5.91. The van der Waals surface area contributed by atoms with Crippen LogP contribution in [0.25, 0.3) is 11.8 Å². The quantitative estimate of drug-likeness (QED) is 0.580. The van der Waals surface area contributed by atoms with Gasteiger partial charge in [-0.05, 0) is 48.4 Å². The number of anilines is 1. The minimum absolute atomic E-state index is 0.143. The number of carbonyl (C=O) groups excluding carboxylic acids is 1. The van der Waals surface area contributed by atoms with Gasteiger partial charge in [0.1, 0.15) is 5.75 Å². The molecule has 0 bridgehead atoms. The van der Waals surface area contributed by atoms with Crippen molar-refractivity contribution in [2.75, 3.05) is 38.3 Å². The Hall–Kier alpha value is -3.58. The van der Waals surface area contributed by atoms with Crippen LogP contribution >= 0.6 is 0 Å². The highest BCUT2D eigenvalue weighted by atomic mass is 16.5. The zero-order chi connectivity index (χ0) is 22.3. The fourth-order valence-corrected chi connectivity index (χ4v) is 3.67. The first-order chi connectivity index (χ1) is 15.6. The van der Waals surface area contributed by atoms with Crippen LogP contribution in [0.3, 0.4) is 0 Å². The van der Waals surface area contributed by atoms with E-state index in [0.29, 0.717) is 12.3 Å². The molecular formula is C25H28N4O3. The summed E-state index contributed by atoms with van der Waals surface area (Å²) in [6, 6.07) is 14.1. The summed E-state index contributed by atoms with van der Waals surface area (Å²) in [6.07, 6.45) is 7.02. The summed E-state index contributed by atoms with van der Waals surface area (Å²) in [5, 5.41) is 2.96. The average Bonchev–Trinajstić information content (AvgIpc) is 3.28. The highest BCUT2D eigenvalue weighted by Gasteiger charge is 2.11. The van der Waals surface area contributed by atoms with E-state index >= 15 is 0 Å². The van der Waals surface area contributed by atoms with Crippen LogP contribution in [0.5, 0.6) is 5.75 Å². The fourth-order valence-electron chi connectivity index (χ4n) is 3.67. The number of amides is 1. The molecule has 0 saturated carbocycles. The van der Waals surface area contributed by atoms with Crippen molar-refractivity contribution in [1.29, 1.82) is 0 Å². The fraction of sp³-hybridized carbons (Fsp3) is 0.280. The molecule has 0 unspecified atom stereocenters. The summed E-state index contributed by atoms with van der Waals surface area (Å²) in [6.45, 7) is 5.70. The molecule has 0 spiro atoms. The highest BCUT2D eigenvalue weighted by Crippen LogP contribution is 2.25. The lowest BCUT2D eigenvalue weighted by molar-refractivity contribution is -0.116. The van der Waals surface area contributed by atoms with E-state index in [4.69, 9.17) is 9.47 Å². The van der Waals surface area contributed by atoms with E-state index < -0.39 is 0 Å². The van der Waals surface area contributed by atoms with Crippen molar-refractivity contribution in [3.8, 4) is 11.4 Å². The number of aromatic nitrogens is 2. The van der Waals surface area contributed by atoms with Crippen LogP contribution in [-0.2, 0) is 16.1 Å². The van der Waals surface area contributed by atoms with Gasteiger partial charge in [0.05, 0.1) is 38.0 Å². The Morgan fingerprint density at radius 1 is 1.22 bits per heavy atom. The van der Waals surface area contributed by atoms with Gasteiger partial charge in [-0.3, -0.25) is 4.79 Å². The van der Waals surface area contributed by atoms with Crippen molar-refractivity contribution in [1.82, 2.24) is 14.9 Å². The predicted octanol–water partition coefficient (Wildman–Crippen LogP) is 3.36. The van der Waals surface area contributed by atoms with Gasteiger partial charge in [0, 0.05) is 37.6 Å². The summed E-state index contributed by atoms with van der Waals surface area (Å²) >= 11 is 0. The van der Waals surface area contributed by atoms with Crippen molar-refractivity contribution in [3.05, 3.63) is 77.9 Å². The molecule has 166 valence electrons. The second-order valence-corrected chi connectivity index (χ2v) is 7.67. The molecule has 0 atom stereocenters. The number of hydrogen-bond donors (Lipinski definition) is 1. The van der Waals surface area contributed by atoms with Crippen molar-refractivity contribution >= 4 is 17.7 Å². The van der Waals surface area contributed by atoms with Crippen LogP contribution in [0.15, 0.2) is 61.1 Å². The van der Waals surface area contributed by atoms with Gasteiger partial charge in [0.25, 0.3) is 0 Å². The number of nitrogens with one attached hydrogen (secondary N) is 1. The van der Waals surface area contributed by atoms with Gasteiger partial charge in [0.2, 0.25) is 5.91 Å². The largest absolute Gasteiger partial charge is 0.495 e. The number of aryl methyl sites for hydroxylation is 1. The Bertz CT molecular complexity index is 1100. The van der Waals surface area contributed by atoms with Crippen molar-refractivity contribution < 1.29 is 14.3 Å². The van der Waals surface area contributed by atoms with E-state index in [2.05, 4.69) is 27.3 Å². The molecular weight excluding hydrogens is 404 g/mol. The maximum atomic E-state index is 12.4. The van der Waals surface area contributed by atoms with Crippen LogP contribution in [0, 0.1) is 6.92 Å². The van der Waals surface area contributed by atoms with Gasteiger partial charge in [0.15, 0.2) is 0 Å². The number of rotatable bonds is 7. The number of methoxy groups -OCH3 is 1. The normalized spacial score (nSPS) is 14.0. The smallest absolute Gasteiger partial charge is 0.244 e. The minimum Gasteiger partial charge on any atom is -0.495 e. The molecule has 7 nitrogen and oxygen atoms in total. The van der Waals surface area contributed by atoms with E-state index in [0.717, 1.165) is 54.5 Å². The molecule has 0 aliphatic carbocycles. The van der Waals surface area contributed by atoms with Crippen LogP contribution < -0.4 is 15.0 Å². The van der Waals surface area contributed by atoms with Crippen LogP contribution in [0.4, 0.5) is 5.69 Å².